The molecule has 5 heteroatoms. The highest BCUT2D eigenvalue weighted by Crippen LogP contribution is 2.42. The minimum absolute atomic E-state index is 0.189. The van der Waals surface area contributed by atoms with Crippen LogP contribution >= 0.6 is 11.3 Å². The lowest BCUT2D eigenvalue weighted by Crippen LogP contribution is -2.30. The van der Waals surface area contributed by atoms with Gasteiger partial charge >= 0.3 is 0 Å². The van der Waals surface area contributed by atoms with E-state index in [9.17, 15) is 14.7 Å². The van der Waals surface area contributed by atoms with Crippen molar-refractivity contribution in [3.05, 3.63) is 99.4 Å². The lowest BCUT2D eigenvalue weighted by molar-refractivity contribution is -0.118. The van der Waals surface area contributed by atoms with Crippen LogP contribution in [0.3, 0.4) is 0 Å². The number of aryl methyl sites for hydroxylation is 2. The standard InChI is InChI=1S/C24H21NO3S/c1-16-9-12-18(13-10-16)25-22(20-8-5-15-29-20)21(23(27)24(25)28)19(26)14-11-17-6-3-2-4-7-17/h2-10,12-13,15,22,27H,11,14H2,1H3. The van der Waals surface area contributed by atoms with Crippen LogP contribution in [0.1, 0.15) is 28.5 Å². The number of hydrogen-bond acceptors (Lipinski definition) is 4. The summed E-state index contributed by atoms with van der Waals surface area (Å²) in [6.07, 6.45) is 0.798. The number of rotatable bonds is 6. The molecule has 1 unspecified atom stereocenters. The second kappa shape index (κ2) is 8.05. The molecule has 0 aliphatic carbocycles. The molecule has 1 amide bonds. The molecule has 1 atom stereocenters. The van der Waals surface area contributed by atoms with E-state index in [1.54, 1.807) is 0 Å². The van der Waals surface area contributed by atoms with Crippen LogP contribution in [0.15, 0.2) is 83.4 Å². The van der Waals surface area contributed by atoms with Crippen molar-refractivity contribution in [3.63, 3.8) is 0 Å². The zero-order chi connectivity index (χ0) is 20.4. The van der Waals surface area contributed by atoms with Gasteiger partial charge in [-0.3, -0.25) is 14.5 Å². The van der Waals surface area contributed by atoms with Crippen LogP contribution in [0, 0.1) is 6.92 Å². The molecule has 4 nitrogen and oxygen atoms in total. The summed E-state index contributed by atoms with van der Waals surface area (Å²) in [5.74, 6) is -1.18. The second-order valence-electron chi connectivity index (χ2n) is 7.10. The molecule has 0 saturated carbocycles. The summed E-state index contributed by atoms with van der Waals surface area (Å²) in [5.41, 5.74) is 2.98. The highest BCUT2D eigenvalue weighted by Gasteiger charge is 2.44. The molecule has 29 heavy (non-hydrogen) atoms. The van der Waals surface area contributed by atoms with Crippen molar-refractivity contribution in [1.29, 1.82) is 0 Å². The fourth-order valence-corrected chi connectivity index (χ4v) is 4.44. The summed E-state index contributed by atoms with van der Waals surface area (Å²) in [6.45, 7) is 1.97. The molecule has 1 N–H and O–H groups in total. The van der Waals surface area contributed by atoms with Gasteiger partial charge in [-0.05, 0) is 42.5 Å². The number of amides is 1. The minimum atomic E-state index is -0.603. The first-order valence-electron chi connectivity index (χ1n) is 9.50. The van der Waals surface area contributed by atoms with Crippen molar-refractivity contribution >= 4 is 28.7 Å². The first-order chi connectivity index (χ1) is 14.1. The zero-order valence-electron chi connectivity index (χ0n) is 16.0. The summed E-state index contributed by atoms with van der Waals surface area (Å²) in [5, 5.41) is 12.6. The number of nitrogens with zero attached hydrogens (tertiary/aromatic N) is 1. The van der Waals surface area contributed by atoms with Gasteiger partial charge in [0.1, 0.15) is 6.04 Å². The molecule has 0 bridgehead atoms. The number of hydrogen-bond donors (Lipinski definition) is 1. The number of aliphatic hydroxyl groups is 1. The van der Waals surface area contributed by atoms with Gasteiger partial charge in [-0.25, -0.2) is 0 Å². The predicted molar refractivity (Wildman–Crippen MR) is 115 cm³/mol. The molecule has 0 spiro atoms. The van der Waals surface area contributed by atoms with Crippen molar-refractivity contribution < 1.29 is 14.7 Å². The van der Waals surface area contributed by atoms with Gasteiger partial charge in [0.05, 0.1) is 5.57 Å². The lowest BCUT2D eigenvalue weighted by atomic mass is 9.97. The van der Waals surface area contributed by atoms with Gasteiger partial charge in [0.15, 0.2) is 11.5 Å². The Morgan fingerprint density at radius 1 is 1.03 bits per heavy atom. The molecular weight excluding hydrogens is 382 g/mol. The van der Waals surface area contributed by atoms with Crippen LogP contribution in [0.5, 0.6) is 0 Å². The second-order valence-corrected chi connectivity index (χ2v) is 8.08. The highest BCUT2D eigenvalue weighted by molar-refractivity contribution is 7.10. The van der Waals surface area contributed by atoms with E-state index in [0.717, 1.165) is 16.0 Å². The third-order valence-electron chi connectivity index (χ3n) is 5.12. The van der Waals surface area contributed by atoms with E-state index < -0.39 is 17.7 Å². The van der Waals surface area contributed by atoms with Crippen LogP contribution in [-0.4, -0.2) is 16.8 Å². The molecule has 1 aromatic heterocycles. The predicted octanol–water partition coefficient (Wildman–Crippen LogP) is 5.16. The molecule has 1 aliphatic rings. The Morgan fingerprint density at radius 2 is 1.76 bits per heavy atom. The third kappa shape index (κ3) is 3.74. The van der Waals surface area contributed by atoms with Crippen molar-refractivity contribution in [2.24, 2.45) is 0 Å². The summed E-state index contributed by atoms with van der Waals surface area (Å²) in [4.78, 5) is 28.5. The lowest BCUT2D eigenvalue weighted by Gasteiger charge is -2.26. The molecule has 4 rings (SSSR count). The molecule has 3 aromatic rings. The van der Waals surface area contributed by atoms with Gasteiger partial charge in [0.2, 0.25) is 0 Å². The Labute approximate surface area is 173 Å². The van der Waals surface area contributed by atoms with E-state index in [-0.39, 0.29) is 17.8 Å². The number of anilines is 1. The maximum absolute atomic E-state index is 13.1. The molecule has 2 heterocycles. The quantitative estimate of drug-likeness (QED) is 0.619. The Kier molecular flexibility index (Phi) is 5.32. The Balaban J connectivity index is 1.68. The van der Waals surface area contributed by atoms with Crippen molar-refractivity contribution in [2.45, 2.75) is 25.8 Å². The van der Waals surface area contributed by atoms with Gasteiger partial charge in [-0.15, -0.1) is 11.3 Å². The number of ketones is 1. The van der Waals surface area contributed by atoms with Crippen LogP contribution in [0.4, 0.5) is 5.69 Å². The van der Waals surface area contributed by atoms with Gasteiger partial charge in [-0.1, -0.05) is 54.1 Å². The third-order valence-corrected chi connectivity index (χ3v) is 6.04. The largest absolute Gasteiger partial charge is 0.503 e. The van der Waals surface area contributed by atoms with Crippen LogP contribution in [-0.2, 0) is 16.0 Å². The summed E-state index contributed by atoms with van der Waals surface area (Å²) in [7, 11) is 0. The average molecular weight is 404 g/mol. The van der Waals surface area contributed by atoms with E-state index in [0.29, 0.717) is 12.1 Å². The van der Waals surface area contributed by atoms with Crippen molar-refractivity contribution in [3.8, 4) is 0 Å². The number of carbonyl (C=O) groups is 2. The topological polar surface area (TPSA) is 57.6 Å². The molecule has 0 radical (unpaired) electrons. The first kappa shape index (κ1) is 19.2. The molecule has 0 fully saturated rings. The Bertz CT molecular complexity index is 1050. The molecule has 146 valence electrons. The Morgan fingerprint density at radius 3 is 2.41 bits per heavy atom. The SMILES string of the molecule is Cc1ccc(N2C(=O)C(O)=C(C(=O)CCc3ccccc3)C2c2cccs2)cc1. The Hall–Kier alpha value is -3.18. The van der Waals surface area contributed by atoms with Gasteiger partial charge < -0.3 is 5.11 Å². The summed E-state index contributed by atoms with van der Waals surface area (Å²) in [6, 6.07) is 20.4. The smallest absolute Gasteiger partial charge is 0.294 e. The molecule has 0 saturated heterocycles. The van der Waals surface area contributed by atoms with Crippen LogP contribution in [0.2, 0.25) is 0 Å². The highest BCUT2D eigenvalue weighted by atomic mass is 32.1. The number of carbonyl (C=O) groups excluding carboxylic acids is 2. The van der Waals surface area contributed by atoms with Gasteiger partial charge in [0.25, 0.3) is 5.91 Å². The summed E-state index contributed by atoms with van der Waals surface area (Å²) < 4.78 is 0. The maximum Gasteiger partial charge on any atom is 0.294 e. The minimum Gasteiger partial charge on any atom is -0.503 e. The van der Waals surface area contributed by atoms with E-state index in [1.807, 2.05) is 79.0 Å². The first-order valence-corrected chi connectivity index (χ1v) is 10.4. The number of benzene rings is 2. The maximum atomic E-state index is 13.1. The normalized spacial score (nSPS) is 16.5. The van der Waals surface area contributed by atoms with Crippen molar-refractivity contribution in [1.82, 2.24) is 0 Å². The van der Waals surface area contributed by atoms with Crippen molar-refractivity contribution in [2.75, 3.05) is 4.90 Å². The number of aliphatic hydroxyl groups excluding tert-OH is 1. The van der Waals surface area contributed by atoms with Crippen LogP contribution in [0.25, 0.3) is 0 Å². The fourth-order valence-electron chi connectivity index (χ4n) is 3.61. The van der Waals surface area contributed by atoms with Crippen LogP contribution < -0.4 is 4.90 Å². The summed E-state index contributed by atoms with van der Waals surface area (Å²) >= 11 is 1.47. The van der Waals surface area contributed by atoms with E-state index in [2.05, 4.69) is 0 Å². The zero-order valence-corrected chi connectivity index (χ0v) is 16.9. The number of thiophene rings is 1. The molecular formula is C24H21NO3S. The number of Topliss-reactive ketones (excluding diaryl/α,β-unsaturated/α-hetero) is 1. The van der Waals surface area contributed by atoms with E-state index >= 15 is 0 Å². The fraction of sp³-hybridized carbons (Fsp3) is 0.167. The monoisotopic (exact) mass is 403 g/mol. The molecule has 2 aromatic carbocycles. The van der Waals surface area contributed by atoms with Gasteiger partial charge in [0, 0.05) is 17.0 Å². The van der Waals surface area contributed by atoms with Gasteiger partial charge in [-0.2, -0.15) is 0 Å². The average Bonchev–Trinajstić information content (AvgIpc) is 3.35. The molecule has 1 aliphatic heterocycles. The van der Waals surface area contributed by atoms with E-state index in [4.69, 9.17) is 0 Å². The van der Waals surface area contributed by atoms with E-state index in [1.165, 1.54) is 16.2 Å².